The van der Waals surface area contributed by atoms with Gasteiger partial charge in [0.1, 0.15) is 5.75 Å². The second-order valence-electron chi connectivity index (χ2n) is 6.58. The minimum atomic E-state index is -3.56. The number of hydrogen-bond acceptors (Lipinski definition) is 3. The van der Waals surface area contributed by atoms with Crippen molar-refractivity contribution in [3.05, 3.63) is 63.6 Å². The van der Waals surface area contributed by atoms with Crippen molar-refractivity contribution in [3.8, 4) is 5.75 Å². The smallest absolute Gasteiger partial charge is 0.216 e. The quantitative estimate of drug-likeness (QED) is 0.643. The van der Waals surface area contributed by atoms with E-state index in [-0.39, 0.29) is 11.8 Å². The summed E-state index contributed by atoms with van der Waals surface area (Å²) in [6, 6.07) is 12.0. The lowest BCUT2D eigenvalue weighted by Gasteiger charge is -2.21. The van der Waals surface area contributed by atoms with Crippen LogP contribution in [-0.2, 0) is 15.8 Å². The highest BCUT2D eigenvalue weighted by Crippen LogP contribution is 2.26. The lowest BCUT2D eigenvalue weighted by molar-refractivity contribution is 0.414. The van der Waals surface area contributed by atoms with Crippen LogP contribution >= 0.6 is 23.2 Å². The van der Waals surface area contributed by atoms with E-state index in [1.54, 1.807) is 25.3 Å². The molecule has 2 aromatic carbocycles. The molecule has 1 N–H and O–H groups in total. The van der Waals surface area contributed by atoms with Gasteiger partial charge in [-0.05, 0) is 47.7 Å². The molecule has 0 aliphatic heterocycles. The molecule has 2 rings (SSSR count). The summed E-state index contributed by atoms with van der Waals surface area (Å²) in [5.74, 6) is 0.903. The zero-order chi connectivity index (χ0) is 19.3. The van der Waals surface area contributed by atoms with E-state index < -0.39 is 10.0 Å². The first kappa shape index (κ1) is 21.0. The number of rotatable bonds is 8. The summed E-state index contributed by atoms with van der Waals surface area (Å²) in [6.07, 6.45) is 0.687. The van der Waals surface area contributed by atoms with E-state index >= 15 is 0 Å². The molecule has 0 heterocycles. The van der Waals surface area contributed by atoms with Crippen LogP contribution in [0.5, 0.6) is 5.75 Å². The number of ether oxygens (including phenoxy) is 1. The highest BCUT2D eigenvalue weighted by atomic mass is 35.5. The predicted molar refractivity (Wildman–Crippen MR) is 107 cm³/mol. The topological polar surface area (TPSA) is 55.4 Å². The molecule has 1 atom stereocenters. The van der Waals surface area contributed by atoms with Crippen molar-refractivity contribution >= 4 is 33.2 Å². The van der Waals surface area contributed by atoms with Gasteiger partial charge >= 0.3 is 0 Å². The third-order valence-electron chi connectivity index (χ3n) is 3.89. The van der Waals surface area contributed by atoms with Gasteiger partial charge in [0.15, 0.2) is 0 Å². The van der Waals surface area contributed by atoms with Crippen molar-refractivity contribution in [1.82, 2.24) is 4.72 Å². The van der Waals surface area contributed by atoms with E-state index in [1.165, 1.54) is 0 Å². The first-order valence-electron chi connectivity index (χ1n) is 8.28. The third kappa shape index (κ3) is 6.16. The van der Waals surface area contributed by atoms with Crippen LogP contribution in [0.1, 0.15) is 37.4 Å². The van der Waals surface area contributed by atoms with Crippen molar-refractivity contribution in [2.45, 2.75) is 32.1 Å². The van der Waals surface area contributed by atoms with E-state index in [9.17, 15) is 8.42 Å². The molecule has 26 heavy (non-hydrogen) atoms. The Kier molecular flexibility index (Phi) is 7.35. The summed E-state index contributed by atoms with van der Waals surface area (Å²) >= 11 is 11.9. The van der Waals surface area contributed by atoms with Crippen molar-refractivity contribution in [2.75, 3.05) is 7.11 Å². The molecule has 0 aliphatic carbocycles. The van der Waals surface area contributed by atoms with E-state index in [4.69, 9.17) is 27.9 Å². The van der Waals surface area contributed by atoms with Crippen molar-refractivity contribution in [3.63, 3.8) is 0 Å². The number of sulfonamides is 1. The van der Waals surface area contributed by atoms with Crippen LogP contribution in [0.2, 0.25) is 10.0 Å². The van der Waals surface area contributed by atoms with Crippen LogP contribution in [-0.4, -0.2) is 15.5 Å². The average Bonchev–Trinajstić information content (AvgIpc) is 2.57. The van der Waals surface area contributed by atoms with Crippen LogP contribution in [0.4, 0.5) is 0 Å². The lowest BCUT2D eigenvalue weighted by atomic mass is 9.98. The predicted octanol–water partition coefficient (Wildman–Crippen LogP) is 5.21. The van der Waals surface area contributed by atoms with Crippen LogP contribution in [0.3, 0.4) is 0 Å². The summed E-state index contributed by atoms with van der Waals surface area (Å²) in [7, 11) is -1.96. The first-order chi connectivity index (χ1) is 12.2. The number of hydrogen-bond donors (Lipinski definition) is 1. The summed E-state index contributed by atoms with van der Waals surface area (Å²) < 4.78 is 33.3. The molecule has 0 radical (unpaired) electrons. The zero-order valence-electron chi connectivity index (χ0n) is 15.0. The number of methoxy groups -OCH3 is 1. The minimum absolute atomic E-state index is 0.158. The number of benzene rings is 2. The van der Waals surface area contributed by atoms with Crippen LogP contribution in [0, 0.1) is 5.92 Å². The largest absolute Gasteiger partial charge is 0.497 e. The third-order valence-corrected chi connectivity index (χ3v) is 5.98. The monoisotopic (exact) mass is 415 g/mol. The molecular formula is C19H23Cl2NO3S. The Morgan fingerprint density at radius 3 is 2.23 bits per heavy atom. The highest BCUT2D eigenvalue weighted by Gasteiger charge is 2.21. The maximum atomic E-state index is 12.7. The van der Waals surface area contributed by atoms with E-state index in [0.717, 1.165) is 11.3 Å². The molecule has 0 spiro atoms. The van der Waals surface area contributed by atoms with E-state index in [1.807, 2.05) is 24.3 Å². The van der Waals surface area contributed by atoms with Crippen LogP contribution in [0.25, 0.3) is 0 Å². The summed E-state index contributed by atoms with van der Waals surface area (Å²) in [5.41, 5.74) is 1.49. The van der Waals surface area contributed by atoms with Gasteiger partial charge in [0, 0.05) is 6.04 Å². The zero-order valence-corrected chi connectivity index (χ0v) is 17.3. The Bertz CT molecular complexity index is 836. The molecule has 0 aromatic heterocycles. The maximum absolute atomic E-state index is 12.7. The summed E-state index contributed by atoms with van der Waals surface area (Å²) in [6.45, 7) is 4.12. The van der Waals surface area contributed by atoms with Gasteiger partial charge in [0.2, 0.25) is 10.0 Å². The second kappa shape index (κ2) is 9.09. The number of nitrogens with one attached hydrogen (secondary N) is 1. The Morgan fingerprint density at radius 1 is 1.04 bits per heavy atom. The Hall–Kier alpha value is -1.27. The minimum Gasteiger partial charge on any atom is -0.497 e. The first-order valence-corrected chi connectivity index (χ1v) is 10.7. The molecule has 0 saturated carbocycles. The fourth-order valence-electron chi connectivity index (χ4n) is 2.67. The Balaban J connectivity index is 2.20. The fraction of sp³-hybridized carbons (Fsp3) is 0.368. The molecule has 2 aromatic rings. The summed E-state index contributed by atoms with van der Waals surface area (Å²) in [4.78, 5) is 0. The van der Waals surface area contributed by atoms with Gasteiger partial charge in [-0.2, -0.15) is 0 Å². The molecule has 1 unspecified atom stereocenters. The summed E-state index contributed by atoms with van der Waals surface area (Å²) in [5, 5.41) is 0.741. The van der Waals surface area contributed by atoms with Gasteiger partial charge in [-0.15, -0.1) is 0 Å². The Morgan fingerprint density at radius 2 is 1.69 bits per heavy atom. The molecular weight excluding hydrogens is 393 g/mol. The molecule has 4 nitrogen and oxygen atoms in total. The molecule has 7 heteroatoms. The molecule has 0 bridgehead atoms. The van der Waals surface area contributed by atoms with Gasteiger partial charge in [-0.25, -0.2) is 13.1 Å². The highest BCUT2D eigenvalue weighted by molar-refractivity contribution is 7.88. The van der Waals surface area contributed by atoms with E-state index in [2.05, 4.69) is 18.6 Å². The van der Waals surface area contributed by atoms with Crippen LogP contribution in [0.15, 0.2) is 42.5 Å². The molecule has 0 saturated heterocycles. The van der Waals surface area contributed by atoms with Gasteiger partial charge in [-0.1, -0.05) is 55.2 Å². The van der Waals surface area contributed by atoms with Gasteiger partial charge < -0.3 is 4.74 Å². The second-order valence-corrected chi connectivity index (χ2v) is 9.15. The van der Waals surface area contributed by atoms with Crippen molar-refractivity contribution in [1.29, 1.82) is 0 Å². The van der Waals surface area contributed by atoms with Crippen molar-refractivity contribution < 1.29 is 13.2 Å². The van der Waals surface area contributed by atoms with E-state index in [0.29, 0.717) is 27.9 Å². The average molecular weight is 416 g/mol. The molecule has 0 amide bonds. The molecule has 142 valence electrons. The maximum Gasteiger partial charge on any atom is 0.216 e. The van der Waals surface area contributed by atoms with Crippen LogP contribution < -0.4 is 9.46 Å². The molecule has 0 aliphatic rings. The Labute approximate surface area is 165 Å². The van der Waals surface area contributed by atoms with Gasteiger partial charge in [0.05, 0.1) is 22.9 Å². The fourth-order valence-corrected chi connectivity index (χ4v) is 4.36. The van der Waals surface area contributed by atoms with Gasteiger partial charge in [-0.3, -0.25) is 0 Å². The van der Waals surface area contributed by atoms with Gasteiger partial charge in [0.25, 0.3) is 0 Å². The standard InChI is InChI=1S/C19H23Cl2NO3S/c1-13(2)10-19(15-5-7-16(25-3)8-6-15)22-26(23,24)12-14-4-9-17(20)18(21)11-14/h4-9,11,13,19,22H,10,12H2,1-3H3. The normalized spacial score (nSPS) is 13.0. The molecule has 0 fully saturated rings. The SMILES string of the molecule is COc1ccc(C(CC(C)C)NS(=O)(=O)Cc2ccc(Cl)c(Cl)c2)cc1. The number of halogens is 2. The van der Waals surface area contributed by atoms with Crippen molar-refractivity contribution in [2.24, 2.45) is 5.92 Å². The lowest BCUT2D eigenvalue weighted by Crippen LogP contribution is -2.30.